The molecule has 3 aromatic rings. The maximum Gasteiger partial charge on any atom is 0.274 e. The highest BCUT2D eigenvalue weighted by atomic mass is 35.5. The lowest BCUT2D eigenvalue weighted by molar-refractivity contribution is 0.0775. The molecule has 7 nitrogen and oxygen atoms in total. The third-order valence-corrected chi connectivity index (χ3v) is 4.05. The predicted molar refractivity (Wildman–Crippen MR) is 98.0 cm³/mol. The van der Waals surface area contributed by atoms with E-state index < -0.39 is 0 Å². The van der Waals surface area contributed by atoms with E-state index in [0.29, 0.717) is 23.0 Å². The van der Waals surface area contributed by atoms with Gasteiger partial charge in [-0.3, -0.25) is 9.48 Å². The Balaban J connectivity index is 1.57. The van der Waals surface area contributed by atoms with Crippen LogP contribution in [0.5, 0.6) is 5.75 Å². The number of benzene rings is 1. The minimum atomic E-state index is -0.165. The number of ether oxygens (including phenoxy) is 1. The third-order valence-electron chi connectivity index (χ3n) is 3.80. The molecule has 1 amide bonds. The maximum atomic E-state index is 12.5. The summed E-state index contributed by atoms with van der Waals surface area (Å²) in [5.41, 5.74) is 1.20. The number of hydrogen-bond acceptors (Lipinski definition) is 4. The van der Waals surface area contributed by atoms with Gasteiger partial charge in [0, 0.05) is 31.0 Å². The summed E-state index contributed by atoms with van der Waals surface area (Å²) in [5, 5.41) is 9.31. The molecule has 0 atom stereocenters. The van der Waals surface area contributed by atoms with Crippen LogP contribution in [-0.4, -0.2) is 37.4 Å². The average molecular weight is 374 g/mol. The van der Waals surface area contributed by atoms with Gasteiger partial charge in [0.15, 0.2) is 12.4 Å². The van der Waals surface area contributed by atoms with Gasteiger partial charge < -0.3 is 9.64 Å². The molecule has 0 fully saturated rings. The minimum absolute atomic E-state index is 0.165. The molecular formula is C18H20ClN5O2. The number of nitrogens with zero attached hydrogens (tertiary/aromatic N) is 5. The first kappa shape index (κ1) is 18.0. The first-order chi connectivity index (χ1) is 12.5. The molecule has 0 aliphatic rings. The first-order valence-corrected chi connectivity index (χ1v) is 8.62. The number of carbonyl (C=O) groups excluding carboxylic acids is 1. The van der Waals surface area contributed by atoms with Crippen LogP contribution < -0.4 is 4.74 Å². The van der Waals surface area contributed by atoms with Crippen molar-refractivity contribution in [3.63, 3.8) is 0 Å². The van der Waals surface area contributed by atoms with Crippen molar-refractivity contribution >= 4 is 17.5 Å². The van der Waals surface area contributed by atoms with Gasteiger partial charge >= 0.3 is 0 Å². The van der Waals surface area contributed by atoms with Crippen LogP contribution in [0.1, 0.15) is 23.1 Å². The summed E-state index contributed by atoms with van der Waals surface area (Å²) in [6.07, 6.45) is 3.61. The molecule has 2 aromatic heterocycles. The molecular weight excluding hydrogens is 354 g/mol. The van der Waals surface area contributed by atoms with Gasteiger partial charge in [0.2, 0.25) is 0 Å². The average Bonchev–Trinajstić information content (AvgIpc) is 3.30. The summed E-state index contributed by atoms with van der Waals surface area (Å²) in [6.45, 7) is 3.46. The fraction of sp³-hybridized carbons (Fsp3) is 0.278. The van der Waals surface area contributed by atoms with Crippen LogP contribution >= 0.6 is 11.6 Å². The molecule has 0 saturated carbocycles. The van der Waals surface area contributed by atoms with E-state index in [-0.39, 0.29) is 12.6 Å². The third kappa shape index (κ3) is 4.43. The van der Waals surface area contributed by atoms with Crippen molar-refractivity contribution in [2.24, 2.45) is 0 Å². The Kier molecular flexibility index (Phi) is 5.58. The zero-order valence-corrected chi connectivity index (χ0v) is 15.4. The van der Waals surface area contributed by atoms with Crippen LogP contribution in [0, 0.1) is 0 Å². The molecule has 0 aliphatic heterocycles. The Labute approximate surface area is 156 Å². The van der Waals surface area contributed by atoms with Crippen molar-refractivity contribution in [1.82, 2.24) is 24.5 Å². The van der Waals surface area contributed by atoms with Crippen molar-refractivity contribution in [3.05, 3.63) is 65.2 Å². The lowest BCUT2D eigenvalue weighted by Gasteiger charge is -2.14. The fourth-order valence-corrected chi connectivity index (χ4v) is 2.52. The van der Waals surface area contributed by atoms with Gasteiger partial charge in [-0.25, -0.2) is 4.68 Å². The Hall–Kier alpha value is -2.80. The van der Waals surface area contributed by atoms with Crippen LogP contribution in [0.4, 0.5) is 0 Å². The number of amides is 1. The molecule has 1 aromatic carbocycles. The number of aryl methyl sites for hydroxylation is 1. The molecule has 8 heteroatoms. The molecule has 136 valence electrons. The molecule has 0 saturated heterocycles. The minimum Gasteiger partial charge on any atom is -0.471 e. The van der Waals surface area contributed by atoms with Gasteiger partial charge in [-0.15, -0.1) is 0 Å². The highest BCUT2D eigenvalue weighted by molar-refractivity contribution is 6.30. The van der Waals surface area contributed by atoms with E-state index in [1.807, 2.05) is 23.9 Å². The molecule has 0 radical (unpaired) electrons. The second-order valence-corrected chi connectivity index (χ2v) is 6.23. The predicted octanol–water partition coefficient (Wildman–Crippen LogP) is 3.06. The summed E-state index contributed by atoms with van der Waals surface area (Å²) in [5.74, 6) is 0.516. The zero-order chi connectivity index (χ0) is 18.5. The zero-order valence-electron chi connectivity index (χ0n) is 14.7. The highest BCUT2D eigenvalue weighted by Crippen LogP contribution is 2.16. The Morgan fingerprint density at radius 3 is 2.54 bits per heavy atom. The highest BCUT2D eigenvalue weighted by Gasteiger charge is 2.16. The Morgan fingerprint density at radius 2 is 1.85 bits per heavy atom. The first-order valence-electron chi connectivity index (χ1n) is 8.25. The lowest BCUT2D eigenvalue weighted by atomic mass is 10.3. The summed E-state index contributed by atoms with van der Waals surface area (Å²) in [7, 11) is 1.73. The van der Waals surface area contributed by atoms with Gasteiger partial charge in [-0.2, -0.15) is 10.2 Å². The molecule has 0 bridgehead atoms. The summed E-state index contributed by atoms with van der Waals surface area (Å²) < 4.78 is 9.02. The summed E-state index contributed by atoms with van der Waals surface area (Å²) >= 11 is 5.84. The molecule has 3 rings (SSSR count). The normalized spacial score (nSPS) is 10.7. The van der Waals surface area contributed by atoms with Crippen LogP contribution in [0.25, 0.3) is 0 Å². The molecule has 26 heavy (non-hydrogen) atoms. The molecule has 0 unspecified atom stereocenters. The van der Waals surface area contributed by atoms with Crippen LogP contribution in [0.2, 0.25) is 5.02 Å². The number of rotatable bonds is 7. The Morgan fingerprint density at radius 1 is 1.12 bits per heavy atom. The van der Waals surface area contributed by atoms with Gasteiger partial charge in [-0.1, -0.05) is 11.6 Å². The van der Waals surface area contributed by atoms with E-state index >= 15 is 0 Å². The topological polar surface area (TPSA) is 65.2 Å². The van der Waals surface area contributed by atoms with Crippen LogP contribution in [0.3, 0.4) is 0 Å². The number of halogens is 1. The van der Waals surface area contributed by atoms with Crippen molar-refractivity contribution < 1.29 is 9.53 Å². The Bertz CT molecular complexity index is 872. The summed E-state index contributed by atoms with van der Waals surface area (Å²) in [4.78, 5) is 14.1. The van der Waals surface area contributed by atoms with E-state index in [0.717, 1.165) is 12.2 Å². The van der Waals surface area contributed by atoms with E-state index in [1.54, 1.807) is 53.2 Å². The van der Waals surface area contributed by atoms with Gasteiger partial charge in [0.25, 0.3) is 5.91 Å². The van der Waals surface area contributed by atoms with Crippen molar-refractivity contribution in [2.45, 2.75) is 26.7 Å². The van der Waals surface area contributed by atoms with E-state index in [9.17, 15) is 4.79 Å². The monoisotopic (exact) mass is 373 g/mol. The molecule has 0 N–H and O–H groups in total. The standard InChI is InChI=1S/C18H20ClN5O2/c1-3-23-10-8-15(20-23)12-22(2)18(25)17-9-11-24(21-17)13-26-16-6-4-14(19)5-7-16/h4-11H,3,12-13H2,1-2H3. The largest absolute Gasteiger partial charge is 0.471 e. The molecule has 0 aliphatic carbocycles. The second-order valence-electron chi connectivity index (χ2n) is 5.79. The van der Waals surface area contributed by atoms with E-state index in [4.69, 9.17) is 16.3 Å². The van der Waals surface area contributed by atoms with E-state index in [2.05, 4.69) is 10.2 Å². The van der Waals surface area contributed by atoms with Crippen molar-refractivity contribution in [1.29, 1.82) is 0 Å². The lowest BCUT2D eigenvalue weighted by Crippen LogP contribution is -2.27. The maximum absolute atomic E-state index is 12.5. The molecule has 0 spiro atoms. The van der Waals surface area contributed by atoms with Crippen LogP contribution in [0.15, 0.2) is 48.8 Å². The van der Waals surface area contributed by atoms with Gasteiger partial charge in [0.05, 0.1) is 12.2 Å². The number of carbonyl (C=O) groups is 1. The fourth-order valence-electron chi connectivity index (χ4n) is 2.39. The number of hydrogen-bond donors (Lipinski definition) is 0. The SMILES string of the molecule is CCn1ccc(CN(C)C(=O)c2ccn(COc3ccc(Cl)cc3)n2)n1. The molecule has 2 heterocycles. The number of aromatic nitrogens is 4. The second kappa shape index (κ2) is 8.05. The van der Waals surface area contributed by atoms with E-state index in [1.165, 1.54) is 0 Å². The van der Waals surface area contributed by atoms with Crippen LogP contribution in [-0.2, 0) is 19.8 Å². The van der Waals surface area contributed by atoms with Crippen molar-refractivity contribution in [2.75, 3.05) is 7.05 Å². The quantitative estimate of drug-likeness (QED) is 0.638. The van der Waals surface area contributed by atoms with Crippen molar-refractivity contribution in [3.8, 4) is 5.75 Å². The summed E-state index contributed by atoms with van der Waals surface area (Å²) in [6, 6.07) is 10.6. The smallest absolute Gasteiger partial charge is 0.274 e. The van der Waals surface area contributed by atoms with Gasteiger partial charge in [0.1, 0.15) is 5.75 Å². The van der Waals surface area contributed by atoms with Gasteiger partial charge in [-0.05, 0) is 43.3 Å².